The van der Waals surface area contributed by atoms with E-state index in [1.807, 2.05) is 0 Å². The van der Waals surface area contributed by atoms with Crippen LogP contribution in [0.4, 0.5) is 0 Å². The van der Waals surface area contributed by atoms with Crippen LogP contribution >= 0.6 is 0 Å². The van der Waals surface area contributed by atoms with E-state index in [-0.39, 0.29) is 17.9 Å². The first-order valence-electron chi connectivity index (χ1n) is 10.1. The van der Waals surface area contributed by atoms with Crippen molar-refractivity contribution in [3.05, 3.63) is 0 Å². The fourth-order valence-electron chi connectivity index (χ4n) is 4.81. The number of nitrogens with zero attached hydrogens (tertiary/aromatic N) is 1. The van der Waals surface area contributed by atoms with Crippen molar-refractivity contribution in [3.63, 3.8) is 0 Å². The largest absolute Gasteiger partial charge is 0.299 e. The molecule has 0 aromatic carbocycles. The standard InChI is InChI=1S/C21H38N2O/c1-13(2)17-9-7-10-18(14(3)4)21(17)22-15(5)19-11-8-12-20(23-19)16(6)24/h13-14,17-21,23H,7-12H2,1-6H3. The van der Waals surface area contributed by atoms with Gasteiger partial charge in [-0.15, -0.1) is 0 Å². The number of carbonyl (C=O) groups excluding carboxylic acids is 1. The smallest absolute Gasteiger partial charge is 0.146 e. The lowest BCUT2D eigenvalue weighted by atomic mass is 9.68. The molecule has 1 saturated carbocycles. The normalized spacial score (nSPS) is 35.5. The molecule has 1 saturated heterocycles. The lowest BCUT2D eigenvalue weighted by Gasteiger charge is -2.41. The summed E-state index contributed by atoms with van der Waals surface area (Å²) in [6.45, 7) is 13.3. The van der Waals surface area contributed by atoms with Crippen molar-refractivity contribution in [2.24, 2.45) is 28.7 Å². The van der Waals surface area contributed by atoms with E-state index < -0.39 is 0 Å². The Hall–Kier alpha value is -0.700. The van der Waals surface area contributed by atoms with E-state index in [1.165, 1.54) is 25.0 Å². The minimum Gasteiger partial charge on any atom is -0.299 e. The van der Waals surface area contributed by atoms with Crippen LogP contribution in [0.25, 0.3) is 0 Å². The quantitative estimate of drug-likeness (QED) is 0.744. The van der Waals surface area contributed by atoms with Crippen LogP contribution in [0.15, 0.2) is 4.99 Å². The molecule has 4 unspecified atom stereocenters. The summed E-state index contributed by atoms with van der Waals surface area (Å²) in [6.07, 6.45) is 7.20. The highest BCUT2D eigenvalue weighted by molar-refractivity contribution is 5.89. The van der Waals surface area contributed by atoms with Crippen molar-refractivity contribution in [1.82, 2.24) is 5.32 Å². The summed E-state index contributed by atoms with van der Waals surface area (Å²) in [5.41, 5.74) is 1.23. The molecule has 0 aromatic rings. The van der Waals surface area contributed by atoms with E-state index in [4.69, 9.17) is 4.99 Å². The van der Waals surface area contributed by atoms with Gasteiger partial charge in [-0.3, -0.25) is 15.1 Å². The molecule has 1 aliphatic heterocycles. The molecule has 1 heterocycles. The van der Waals surface area contributed by atoms with E-state index in [1.54, 1.807) is 6.92 Å². The van der Waals surface area contributed by atoms with Gasteiger partial charge in [0, 0.05) is 11.8 Å². The van der Waals surface area contributed by atoms with Gasteiger partial charge in [0.25, 0.3) is 0 Å². The highest BCUT2D eigenvalue weighted by Crippen LogP contribution is 2.40. The molecule has 1 aliphatic carbocycles. The molecule has 2 fully saturated rings. The van der Waals surface area contributed by atoms with Gasteiger partial charge in [-0.2, -0.15) is 0 Å². The van der Waals surface area contributed by atoms with Gasteiger partial charge < -0.3 is 0 Å². The molecule has 0 bridgehead atoms. The van der Waals surface area contributed by atoms with Crippen LogP contribution in [0, 0.1) is 23.7 Å². The van der Waals surface area contributed by atoms with E-state index in [0.29, 0.717) is 29.7 Å². The third-order valence-corrected chi connectivity index (χ3v) is 6.40. The van der Waals surface area contributed by atoms with Gasteiger partial charge in [0.15, 0.2) is 0 Å². The molecule has 0 amide bonds. The number of Topliss-reactive ketones (excluding diaryl/α,β-unsaturated/α-hetero) is 1. The van der Waals surface area contributed by atoms with Crippen LogP contribution in [0.2, 0.25) is 0 Å². The first-order chi connectivity index (χ1) is 11.3. The second-order valence-corrected chi connectivity index (χ2v) is 8.82. The molecular weight excluding hydrogens is 296 g/mol. The summed E-state index contributed by atoms with van der Waals surface area (Å²) in [7, 11) is 0. The van der Waals surface area contributed by atoms with Gasteiger partial charge in [0.2, 0.25) is 0 Å². The monoisotopic (exact) mass is 334 g/mol. The maximum atomic E-state index is 11.7. The topological polar surface area (TPSA) is 41.5 Å². The van der Waals surface area contributed by atoms with Gasteiger partial charge in [-0.25, -0.2) is 0 Å². The Morgan fingerprint density at radius 1 is 0.875 bits per heavy atom. The maximum absolute atomic E-state index is 11.7. The number of ketones is 1. The number of hydrogen-bond acceptors (Lipinski definition) is 3. The van der Waals surface area contributed by atoms with Crippen LogP contribution in [-0.4, -0.2) is 29.6 Å². The predicted octanol–water partition coefficient (Wildman–Crippen LogP) is 4.64. The summed E-state index contributed by atoms with van der Waals surface area (Å²) in [4.78, 5) is 17.0. The van der Waals surface area contributed by atoms with E-state index in [0.717, 1.165) is 19.3 Å². The van der Waals surface area contributed by atoms with Crippen LogP contribution in [0.3, 0.4) is 0 Å². The molecule has 24 heavy (non-hydrogen) atoms. The molecule has 3 nitrogen and oxygen atoms in total. The molecule has 0 aromatic heterocycles. The molecule has 0 radical (unpaired) electrons. The van der Waals surface area contributed by atoms with Crippen molar-refractivity contribution < 1.29 is 4.79 Å². The summed E-state index contributed by atoms with van der Waals surface area (Å²) < 4.78 is 0. The first-order valence-corrected chi connectivity index (χ1v) is 10.1. The Balaban J connectivity index is 2.18. The summed E-state index contributed by atoms with van der Waals surface area (Å²) in [6, 6.07) is 0.774. The summed E-state index contributed by atoms with van der Waals surface area (Å²) in [5.74, 6) is 3.06. The average molecular weight is 335 g/mol. The zero-order valence-corrected chi connectivity index (χ0v) is 16.6. The molecule has 4 atom stereocenters. The lowest BCUT2D eigenvalue weighted by Crippen LogP contribution is -2.49. The molecule has 0 spiro atoms. The Morgan fingerprint density at radius 3 is 1.88 bits per heavy atom. The van der Waals surface area contributed by atoms with Gasteiger partial charge in [0.1, 0.15) is 5.78 Å². The fraction of sp³-hybridized carbons (Fsp3) is 0.905. The molecule has 1 N–H and O–H groups in total. The average Bonchev–Trinajstić information content (AvgIpc) is 2.54. The van der Waals surface area contributed by atoms with Crippen LogP contribution < -0.4 is 5.32 Å². The summed E-state index contributed by atoms with van der Waals surface area (Å²) >= 11 is 0. The molecule has 138 valence electrons. The predicted molar refractivity (Wildman–Crippen MR) is 103 cm³/mol. The van der Waals surface area contributed by atoms with Crippen LogP contribution in [0.1, 0.15) is 80.1 Å². The molecular formula is C21H38N2O. The SMILES string of the molecule is CC(=O)C1CCCC(C(C)=NC2C(C(C)C)CCCC2C(C)C)N1. The van der Waals surface area contributed by atoms with Crippen molar-refractivity contribution in [2.75, 3.05) is 0 Å². The van der Waals surface area contributed by atoms with Crippen molar-refractivity contribution in [1.29, 1.82) is 0 Å². The van der Waals surface area contributed by atoms with Crippen molar-refractivity contribution in [3.8, 4) is 0 Å². The van der Waals surface area contributed by atoms with Gasteiger partial charge in [0.05, 0.1) is 12.1 Å². The van der Waals surface area contributed by atoms with E-state index in [9.17, 15) is 4.79 Å². The minimum atomic E-state index is 0.0297. The van der Waals surface area contributed by atoms with E-state index in [2.05, 4.69) is 39.9 Å². The molecule has 2 aliphatic rings. The van der Waals surface area contributed by atoms with Crippen LogP contribution in [-0.2, 0) is 4.79 Å². The second kappa shape index (κ2) is 8.60. The van der Waals surface area contributed by atoms with Gasteiger partial charge >= 0.3 is 0 Å². The second-order valence-electron chi connectivity index (χ2n) is 8.82. The summed E-state index contributed by atoms with van der Waals surface area (Å²) in [5, 5.41) is 3.55. The third-order valence-electron chi connectivity index (χ3n) is 6.40. The number of hydrogen-bond donors (Lipinski definition) is 1. The Bertz CT molecular complexity index is 439. The highest BCUT2D eigenvalue weighted by Gasteiger charge is 2.37. The maximum Gasteiger partial charge on any atom is 0.146 e. The number of nitrogens with one attached hydrogen (secondary N) is 1. The van der Waals surface area contributed by atoms with Crippen molar-refractivity contribution in [2.45, 2.75) is 98.2 Å². The Labute approximate surface area is 149 Å². The highest BCUT2D eigenvalue weighted by atomic mass is 16.1. The number of rotatable bonds is 5. The Morgan fingerprint density at radius 2 is 1.38 bits per heavy atom. The minimum absolute atomic E-state index is 0.0297. The molecule has 3 heteroatoms. The van der Waals surface area contributed by atoms with Gasteiger partial charge in [-0.1, -0.05) is 34.1 Å². The molecule has 2 rings (SSSR count). The zero-order valence-electron chi connectivity index (χ0n) is 16.6. The zero-order chi connectivity index (χ0) is 17.9. The Kier molecular flexibility index (Phi) is 7.03. The first kappa shape index (κ1) is 19.6. The van der Waals surface area contributed by atoms with Crippen LogP contribution in [0.5, 0.6) is 0 Å². The third kappa shape index (κ3) is 4.68. The fourth-order valence-corrected chi connectivity index (χ4v) is 4.81. The number of piperidine rings is 1. The van der Waals surface area contributed by atoms with Gasteiger partial charge in [-0.05, 0) is 69.6 Å². The number of carbonyl (C=O) groups is 1. The lowest BCUT2D eigenvalue weighted by molar-refractivity contribution is -0.119. The van der Waals surface area contributed by atoms with Crippen molar-refractivity contribution >= 4 is 11.5 Å². The number of aliphatic imine (C=N–C) groups is 1. The van der Waals surface area contributed by atoms with E-state index >= 15 is 0 Å².